The molecule has 1 aliphatic rings. The first-order valence-electron chi connectivity index (χ1n) is 14.6. The number of nitrogens with one attached hydrogen (secondary N) is 1. The maximum atomic E-state index is 14.2. The number of carbonyl (C=O) groups excluding carboxylic acids is 2. The number of carbonyl (C=O) groups is 2. The zero-order valence-corrected chi connectivity index (χ0v) is 26.7. The van der Waals surface area contributed by atoms with Crippen LogP contribution in [-0.4, -0.2) is 50.9 Å². The number of anilines is 1. The highest BCUT2D eigenvalue weighted by atomic mass is 35.5. The van der Waals surface area contributed by atoms with Crippen LogP contribution in [0.3, 0.4) is 0 Å². The largest absolute Gasteiger partial charge is 0.497 e. The van der Waals surface area contributed by atoms with E-state index in [-0.39, 0.29) is 23.4 Å². The first-order valence-corrected chi connectivity index (χ1v) is 16.4. The zero-order chi connectivity index (χ0) is 31.1. The SMILES string of the molecule is COc1cccc(CN(C(=O)CN(c2ccc(C)c(C)c2)S(=O)(=O)c2ccc(Cl)cc2)[C@H](C)C(=O)NC2CCCCC2)c1. The molecule has 0 aliphatic heterocycles. The summed E-state index contributed by atoms with van der Waals surface area (Å²) in [5, 5.41) is 3.52. The molecule has 0 spiro atoms. The van der Waals surface area contributed by atoms with E-state index in [2.05, 4.69) is 5.32 Å². The van der Waals surface area contributed by atoms with Crippen LogP contribution in [0.1, 0.15) is 55.7 Å². The fraction of sp³-hybridized carbons (Fsp3) is 0.394. The maximum absolute atomic E-state index is 14.2. The average Bonchev–Trinajstić information content (AvgIpc) is 3.00. The zero-order valence-electron chi connectivity index (χ0n) is 25.2. The number of benzene rings is 3. The number of hydrogen-bond acceptors (Lipinski definition) is 5. The second kappa shape index (κ2) is 14.3. The van der Waals surface area contributed by atoms with Crippen molar-refractivity contribution in [3.63, 3.8) is 0 Å². The summed E-state index contributed by atoms with van der Waals surface area (Å²) in [4.78, 5) is 29.1. The molecule has 10 heteroatoms. The Balaban J connectivity index is 1.70. The molecule has 0 heterocycles. The van der Waals surface area contributed by atoms with Crippen LogP contribution in [0.5, 0.6) is 5.75 Å². The maximum Gasteiger partial charge on any atom is 0.264 e. The summed E-state index contributed by atoms with van der Waals surface area (Å²) < 4.78 is 34.5. The van der Waals surface area contributed by atoms with Gasteiger partial charge in [0.25, 0.3) is 10.0 Å². The van der Waals surface area contributed by atoms with E-state index in [1.165, 1.54) is 29.2 Å². The third-order valence-corrected chi connectivity index (χ3v) is 10.1. The number of amides is 2. The van der Waals surface area contributed by atoms with Crippen LogP contribution >= 0.6 is 11.6 Å². The van der Waals surface area contributed by atoms with Gasteiger partial charge in [-0.15, -0.1) is 0 Å². The monoisotopic (exact) mass is 625 g/mol. The fourth-order valence-electron chi connectivity index (χ4n) is 5.26. The molecule has 2 amide bonds. The smallest absolute Gasteiger partial charge is 0.264 e. The number of aryl methyl sites for hydroxylation is 2. The van der Waals surface area contributed by atoms with Crippen molar-refractivity contribution < 1.29 is 22.7 Å². The van der Waals surface area contributed by atoms with E-state index in [1.807, 2.05) is 32.0 Å². The minimum atomic E-state index is -4.17. The van der Waals surface area contributed by atoms with Gasteiger partial charge in [-0.25, -0.2) is 8.42 Å². The van der Waals surface area contributed by atoms with Crippen molar-refractivity contribution in [3.05, 3.63) is 88.4 Å². The summed E-state index contributed by atoms with van der Waals surface area (Å²) in [5.41, 5.74) is 2.98. The van der Waals surface area contributed by atoms with E-state index in [0.29, 0.717) is 16.5 Å². The van der Waals surface area contributed by atoms with Gasteiger partial charge in [-0.05, 0) is 98.8 Å². The molecule has 4 rings (SSSR count). The highest BCUT2D eigenvalue weighted by Gasteiger charge is 2.33. The van der Waals surface area contributed by atoms with Crippen LogP contribution < -0.4 is 14.4 Å². The Bertz CT molecular complexity index is 1540. The number of ether oxygens (including phenoxy) is 1. The molecule has 1 fully saturated rings. The van der Waals surface area contributed by atoms with E-state index >= 15 is 0 Å². The number of nitrogens with zero attached hydrogens (tertiary/aromatic N) is 2. The Morgan fingerprint density at radius 2 is 1.67 bits per heavy atom. The van der Waals surface area contributed by atoms with Crippen molar-refractivity contribution >= 4 is 39.1 Å². The van der Waals surface area contributed by atoms with E-state index < -0.39 is 28.5 Å². The first kappa shape index (κ1) is 32.4. The fourth-order valence-corrected chi connectivity index (χ4v) is 6.79. The van der Waals surface area contributed by atoms with Crippen molar-refractivity contribution in [2.24, 2.45) is 0 Å². The van der Waals surface area contributed by atoms with E-state index in [1.54, 1.807) is 38.3 Å². The second-order valence-electron chi connectivity index (χ2n) is 11.1. The third kappa shape index (κ3) is 8.09. The van der Waals surface area contributed by atoms with Crippen LogP contribution in [0.15, 0.2) is 71.6 Å². The van der Waals surface area contributed by atoms with Crippen molar-refractivity contribution in [2.45, 2.75) is 76.4 Å². The van der Waals surface area contributed by atoms with Crippen LogP contribution in [-0.2, 0) is 26.2 Å². The van der Waals surface area contributed by atoms with Gasteiger partial charge in [0.2, 0.25) is 11.8 Å². The minimum Gasteiger partial charge on any atom is -0.497 e. The van der Waals surface area contributed by atoms with Crippen molar-refractivity contribution in [3.8, 4) is 5.75 Å². The standard InChI is InChI=1S/C33H40ClN3O5S/c1-23-13-16-29(19-24(23)2)37(43(40,41)31-17-14-27(34)15-18-31)22-32(38)36(21-26-9-8-12-30(20-26)42-4)25(3)33(39)35-28-10-6-5-7-11-28/h8-9,12-20,25,28H,5-7,10-11,21-22H2,1-4H3,(H,35,39)/t25-/m1/s1. The van der Waals surface area contributed by atoms with Gasteiger partial charge in [0, 0.05) is 17.6 Å². The molecule has 230 valence electrons. The number of rotatable bonds is 11. The van der Waals surface area contributed by atoms with Crippen LogP contribution in [0.2, 0.25) is 5.02 Å². The Hall–Kier alpha value is -3.56. The Kier molecular flexibility index (Phi) is 10.7. The van der Waals surface area contributed by atoms with Gasteiger partial charge in [0.15, 0.2) is 0 Å². The molecule has 1 N–H and O–H groups in total. The molecule has 0 aromatic heterocycles. The lowest BCUT2D eigenvalue weighted by atomic mass is 9.95. The Morgan fingerprint density at radius 3 is 2.33 bits per heavy atom. The van der Waals surface area contributed by atoms with Gasteiger partial charge in [-0.3, -0.25) is 13.9 Å². The lowest BCUT2D eigenvalue weighted by Gasteiger charge is -2.33. The van der Waals surface area contributed by atoms with E-state index in [4.69, 9.17) is 16.3 Å². The molecule has 8 nitrogen and oxygen atoms in total. The molecule has 1 saturated carbocycles. The lowest BCUT2D eigenvalue weighted by Crippen LogP contribution is -2.53. The average molecular weight is 626 g/mol. The molecule has 3 aromatic rings. The normalized spacial score (nSPS) is 14.5. The predicted octanol–water partition coefficient (Wildman–Crippen LogP) is 6.03. The number of methoxy groups -OCH3 is 1. The molecule has 3 aromatic carbocycles. The topological polar surface area (TPSA) is 96.0 Å². The van der Waals surface area contributed by atoms with Crippen molar-refractivity contribution in [1.29, 1.82) is 0 Å². The summed E-state index contributed by atoms with van der Waals surface area (Å²) in [5.74, 6) is -0.155. The molecule has 1 aliphatic carbocycles. The summed E-state index contributed by atoms with van der Waals surface area (Å²) in [6.07, 6.45) is 5.07. The lowest BCUT2D eigenvalue weighted by molar-refractivity contribution is -0.139. The summed E-state index contributed by atoms with van der Waals surface area (Å²) in [6, 6.07) is 17.6. The first-order chi connectivity index (χ1) is 20.5. The molecular weight excluding hydrogens is 586 g/mol. The molecule has 1 atom stereocenters. The highest BCUT2D eigenvalue weighted by molar-refractivity contribution is 7.92. The van der Waals surface area contributed by atoms with Gasteiger partial charge in [0.05, 0.1) is 17.7 Å². The molecule has 0 unspecified atom stereocenters. The van der Waals surface area contributed by atoms with Crippen LogP contribution in [0.25, 0.3) is 0 Å². The van der Waals surface area contributed by atoms with Crippen LogP contribution in [0, 0.1) is 13.8 Å². The molecule has 0 radical (unpaired) electrons. The van der Waals surface area contributed by atoms with Gasteiger partial charge >= 0.3 is 0 Å². The number of halogens is 1. The predicted molar refractivity (Wildman–Crippen MR) is 170 cm³/mol. The van der Waals surface area contributed by atoms with Crippen molar-refractivity contribution in [2.75, 3.05) is 18.0 Å². The minimum absolute atomic E-state index is 0.00497. The van der Waals surface area contributed by atoms with Gasteiger partial charge < -0.3 is 15.0 Å². The van der Waals surface area contributed by atoms with Crippen LogP contribution in [0.4, 0.5) is 5.69 Å². The highest BCUT2D eigenvalue weighted by Crippen LogP contribution is 2.28. The van der Waals surface area contributed by atoms with Gasteiger partial charge in [-0.2, -0.15) is 0 Å². The van der Waals surface area contributed by atoms with Gasteiger partial charge in [-0.1, -0.05) is 49.1 Å². The number of sulfonamides is 1. The van der Waals surface area contributed by atoms with Crippen molar-refractivity contribution in [1.82, 2.24) is 10.2 Å². The summed E-state index contributed by atoms with van der Waals surface area (Å²) >= 11 is 6.04. The van der Waals surface area contributed by atoms with E-state index in [9.17, 15) is 18.0 Å². The Morgan fingerprint density at radius 1 is 0.977 bits per heavy atom. The molecule has 43 heavy (non-hydrogen) atoms. The summed E-state index contributed by atoms with van der Waals surface area (Å²) in [7, 11) is -2.61. The number of hydrogen-bond donors (Lipinski definition) is 1. The van der Waals surface area contributed by atoms with Gasteiger partial charge in [0.1, 0.15) is 18.3 Å². The molecule has 0 saturated heterocycles. The molecular formula is C33H40ClN3O5S. The molecule has 0 bridgehead atoms. The second-order valence-corrected chi connectivity index (χ2v) is 13.4. The van der Waals surface area contributed by atoms with E-state index in [0.717, 1.165) is 53.1 Å². The quantitative estimate of drug-likeness (QED) is 0.281. The Labute approximate surface area is 260 Å². The summed E-state index contributed by atoms with van der Waals surface area (Å²) in [6.45, 7) is 5.10. The third-order valence-electron chi connectivity index (χ3n) is 8.06.